The number of benzene rings is 1. The highest BCUT2D eigenvalue weighted by Crippen LogP contribution is 2.14. The van der Waals surface area contributed by atoms with E-state index in [-0.39, 0.29) is 17.8 Å². The van der Waals surface area contributed by atoms with Gasteiger partial charge < -0.3 is 9.64 Å². The predicted octanol–water partition coefficient (Wildman–Crippen LogP) is 2.89. The molecule has 0 aromatic heterocycles. The molecule has 1 amide bonds. The van der Waals surface area contributed by atoms with Crippen molar-refractivity contribution in [2.45, 2.75) is 26.5 Å². The second kappa shape index (κ2) is 9.51. The van der Waals surface area contributed by atoms with Crippen LogP contribution < -0.4 is 0 Å². The molecule has 0 heterocycles. The van der Waals surface area contributed by atoms with Gasteiger partial charge in [0.15, 0.2) is 0 Å². The van der Waals surface area contributed by atoms with Crippen LogP contribution in [0, 0.1) is 12.8 Å². The molecule has 22 heavy (non-hydrogen) atoms. The van der Waals surface area contributed by atoms with Crippen molar-refractivity contribution in [1.29, 1.82) is 0 Å². The van der Waals surface area contributed by atoms with Crippen LogP contribution in [0.3, 0.4) is 0 Å². The molecule has 4 nitrogen and oxygen atoms in total. The summed E-state index contributed by atoms with van der Waals surface area (Å²) in [5, 5.41) is 0. The Morgan fingerprint density at radius 2 is 2.09 bits per heavy atom. The van der Waals surface area contributed by atoms with Gasteiger partial charge in [-0.2, -0.15) is 0 Å². The van der Waals surface area contributed by atoms with Gasteiger partial charge in [0.25, 0.3) is 0 Å². The molecular weight excluding hydrogens is 298 g/mol. The van der Waals surface area contributed by atoms with Crippen LogP contribution in [-0.4, -0.2) is 42.7 Å². The Balaban J connectivity index is 2.43. The first-order valence-corrected chi connectivity index (χ1v) is 8.62. The molecular formula is C17H25NO3S. The fraction of sp³-hybridized carbons (Fsp3) is 0.529. The van der Waals surface area contributed by atoms with E-state index >= 15 is 0 Å². The van der Waals surface area contributed by atoms with E-state index in [0.717, 1.165) is 5.75 Å². The molecule has 0 saturated carbocycles. The first kappa shape index (κ1) is 18.6. The molecule has 0 aliphatic heterocycles. The Morgan fingerprint density at radius 3 is 2.68 bits per heavy atom. The zero-order valence-electron chi connectivity index (χ0n) is 13.8. The number of carbonyl (C=O) groups excluding carboxylic acids is 2. The second-order valence-corrected chi connectivity index (χ2v) is 6.32. The molecule has 0 radical (unpaired) electrons. The third kappa shape index (κ3) is 6.10. The molecule has 1 aromatic carbocycles. The van der Waals surface area contributed by atoms with E-state index in [1.165, 1.54) is 18.2 Å². The van der Waals surface area contributed by atoms with Gasteiger partial charge in [-0.15, -0.1) is 11.8 Å². The van der Waals surface area contributed by atoms with Gasteiger partial charge in [-0.1, -0.05) is 36.8 Å². The van der Waals surface area contributed by atoms with Crippen molar-refractivity contribution >= 4 is 23.6 Å². The highest BCUT2D eigenvalue weighted by atomic mass is 32.2. The Kier molecular flexibility index (Phi) is 8.02. The minimum Gasteiger partial charge on any atom is -0.469 e. The van der Waals surface area contributed by atoms with Crippen LogP contribution in [-0.2, 0) is 20.1 Å². The van der Waals surface area contributed by atoms with Crippen LogP contribution in [0.25, 0.3) is 0 Å². The number of amides is 1. The molecule has 0 fully saturated rings. The normalized spacial score (nSPS) is 11.8. The van der Waals surface area contributed by atoms with Gasteiger partial charge in [-0.05, 0) is 19.4 Å². The van der Waals surface area contributed by atoms with Gasteiger partial charge in [0.2, 0.25) is 5.91 Å². The lowest BCUT2D eigenvalue weighted by Gasteiger charge is -2.23. The maximum atomic E-state index is 12.2. The van der Waals surface area contributed by atoms with E-state index in [2.05, 4.69) is 25.1 Å². The zero-order valence-corrected chi connectivity index (χ0v) is 14.6. The Morgan fingerprint density at radius 1 is 1.36 bits per heavy atom. The minimum atomic E-state index is -0.296. The highest BCUT2D eigenvalue weighted by molar-refractivity contribution is 7.99. The maximum Gasteiger partial charge on any atom is 0.310 e. The number of hydrogen-bond donors (Lipinski definition) is 0. The monoisotopic (exact) mass is 323 g/mol. The van der Waals surface area contributed by atoms with Gasteiger partial charge in [-0.25, -0.2) is 0 Å². The summed E-state index contributed by atoms with van der Waals surface area (Å²) in [5.74, 6) is 0.734. The van der Waals surface area contributed by atoms with Crippen LogP contribution in [0.4, 0.5) is 0 Å². The number of hydrogen-bond acceptors (Lipinski definition) is 4. The van der Waals surface area contributed by atoms with Crippen LogP contribution >= 0.6 is 11.8 Å². The van der Waals surface area contributed by atoms with Gasteiger partial charge in [-0.3, -0.25) is 9.59 Å². The van der Waals surface area contributed by atoms with Crippen LogP contribution in [0.5, 0.6) is 0 Å². The van der Waals surface area contributed by atoms with E-state index in [1.54, 1.807) is 23.6 Å². The van der Waals surface area contributed by atoms with Gasteiger partial charge in [0.1, 0.15) is 0 Å². The summed E-state index contributed by atoms with van der Waals surface area (Å²) in [7, 11) is 1.37. The molecule has 1 rings (SSSR count). The predicted molar refractivity (Wildman–Crippen MR) is 90.8 cm³/mol. The number of esters is 1. The zero-order chi connectivity index (χ0) is 16.5. The third-order valence-corrected chi connectivity index (χ3v) is 4.40. The average Bonchev–Trinajstić information content (AvgIpc) is 2.51. The third-order valence-electron chi connectivity index (χ3n) is 3.41. The lowest BCUT2D eigenvalue weighted by Crippen LogP contribution is -2.38. The summed E-state index contributed by atoms with van der Waals surface area (Å²) in [4.78, 5) is 25.4. The topological polar surface area (TPSA) is 46.6 Å². The lowest BCUT2D eigenvalue weighted by atomic mass is 10.1. The number of nitrogens with zero attached hydrogens (tertiary/aromatic N) is 1. The van der Waals surface area contributed by atoms with Crippen LogP contribution in [0.15, 0.2) is 24.3 Å². The molecule has 0 aliphatic carbocycles. The van der Waals surface area contributed by atoms with Crippen molar-refractivity contribution in [3.8, 4) is 0 Å². The largest absolute Gasteiger partial charge is 0.469 e. The van der Waals surface area contributed by atoms with Gasteiger partial charge in [0, 0.05) is 18.8 Å². The van der Waals surface area contributed by atoms with E-state index in [9.17, 15) is 9.59 Å². The van der Waals surface area contributed by atoms with E-state index in [0.29, 0.717) is 18.8 Å². The van der Waals surface area contributed by atoms with Crippen molar-refractivity contribution in [1.82, 2.24) is 4.90 Å². The number of ether oxygens (including phenoxy) is 1. The van der Waals surface area contributed by atoms with Gasteiger partial charge >= 0.3 is 5.97 Å². The van der Waals surface area contributed by atoms with E-state index in [1.807, 2.05) is 13.0 Å². The first-order chi connectivity index (χ1) is 10.5. The number of rotatable bonds is 8. The molecule has 0 bridgehead atoms. The fourth-order valence-corrected chi connectivity index (χ4v) is 3.04. The van der Waals surface area contributed by atoms with E-state index in [4.69, 9.17) is 4.74 Å². The molecule has 0 saturated heterocycles. The maximum absolute atomic E-state index is 12.2. The molecule has 122 valence electrons. The van der Waals surface area contributed by atoms with Crippen molar-refractivity contribution in [2.24, 2.45) is 5.92 Å². The Bertz CT molecular complexity index is 504. The van der Waals surface area contributed by atoms with Crippen LogP contribution in [0.1, 0.15) is 25.0 Å². The SMILES string of the molecule is CCN(CC(C)C(=O)OC)C(=O)CSCc1cccc(C)c1. The number of aryl methyl sites for hydroxylation is 1. The summed E-state index contributed by atoms with van der Waals surface area (Å²) in [5.41, 5.74) is 2.45. The van der Waals surface area contributed by atoms with Crippen molar-refractivity contribution in [3.05, 3.63) is 35.4 Å². The number of thioether (sulfide) groups is 1. The van der Waals surface area contributed by atoms with Gasteiger partial charge in [0.05, 0.1) is 18.8 Å². The molecule has 5 heteroatoms. The number of methoxy groups -OCH3 is 1. The summed E-state index contributed by atoms with van der Waals surface area (Å²) in [6, 6.07) is 8.30. The second-order valence-electron chi connectivity index (χ2n) is 5.34. The highest BCUT2D eigenvalue weighted by Gasteiger charge is 2.20. The van der Waals surface area contributed by atoms with E-state index < -0.39 is 0 Å². The summed E-state index contributed by atoms with van der Waals surface area (Å²) >= 11 is 1.60. The quantitative estimate of drug-likeness (QED) is 0.690. The first-order valence-electron chi connectivity index (χ1n) is 7.46. The fourth-order valence-electron chi connectivity index (χ4n) is 2.16. The smallest absolute Gasteiger partial charge is 0.310 e. The summed E-state index contributed by atoms with van der Waals surface area (Å²) in [6.45, 7) is 6.78. The molecule has 1 atom stereocenters. The lowest BCUT2D eigenvalue weighted by molar-refractivity contribution is -0.146. The number of carbonyl (C=O) groups is 2. The Labute approximate surface area is 137 Å². The molecule has 0 N–H and O–H groups in total. The molecule has 0 aliphatic rings. The summed E-state index contributed by atoms with van der Waals surface area (Å²) in [6.07, 6.45) is 0. The molecule has 1 unspecified atom stereocenters. The van der Waals surface area contributed by atoms with Crippen LogP contribution in [0.2, 0.25) is 0 Å². The minimum absolute atomic E-state index is 0.0657. The van der Waals surface area contributed by atoms with Crippen molar-refractivity contribution < 1.29 is 14.3 Å². The summed E-state index contributed by atoms with van der Waals surface area (Å²) < 4.78 is 4.71. The standard InChI is InChI=1S/C17H25NO3S/c1-5-18(10-14(3)17(20)21-4)16(19)12-22-11-15-8-6-7-13(2)9-15/h6-9,14H,5,10-12H2,1-4H3. The van der Waals surface area contributed by atoms with Crippen molar-refractivity contribution in [2.75, 3.05) is 26.0 Å². The molecule has 0 spiro atoms. The van der Waals surface area contributed by atoms with Crippen molar-refractivity contribution in [3.63, 3.8) is 0 Å². The Hall–Kier alpha value is -1.49. The molecule has 1 aromatic rings. The average molecular weight is 323 g/mol.